The van der Waals surface area contributed by atoms with Crippen LogP contribution < -0.4 is 5.32 Å². The second-order valence-corrected chi connectivity index (χ2v) is 9.98. The minimum Gasteiger partial charge on any atom is -0.469 e. The van der Waals surface area contributed by atoms with Gasteiger partial charge in [-0.2, -0.15) is 0 Å². The van der Waals surface area contributed by atoms with Gasteiger partial charge in [0.15, 0.2) is 7.05 Å². The second-order valence-electron chi connectivity index (χ2n) is 9.98. The Labute approximate surface area is 218 Å². The maximum atomic E-state index is 13.7. The summed E-state index contributed by atoms with van der Waals surface area (Å²) in [5.74, 6) is -2.14. The van der Waals surface area contributed by atoms with Crippen molar-refractivity contribution < 1.29 is 23.8 Å². The molecule has 4 atom stereocenters. The number of nitrogens with zero attached hydrogens (tertiary/aromatic N) is 2. The summed E-state index contributed by atoms with van der Waals surface area (Å²) in [5, 5.41) is 3.29. The number of hydrogen-bond acceptors (Lipinski definition) is 7. The lowest BCUT2D eigenvalue weighted by atomic mass is 9.73. The summed E-state index contributed by atoms with van der Waals surface area (Å²) in [7, 11) is 2.77. The molecule has 196 valence electrons. The number of esters is 2. The van der Waals surface area contributed by atoms with Gasteiger partial charge >= 0.3 is 11.9 Å². The minimum atomic E-state index is -0.663. The van der Waals surface area contributed by atoms with Gasteiger partial charge in [-0.3, -0.25) is 9.69 Å². The lowest BCUT2D eigenvalue weighted by Crippen LogP contribution is -2.48. The molecule has 3 unspecified atom stereocenters. The molecule has 0 spiro atoms. The van der Waals surface area contributed by atoms with Crippen molar-refractivity contribution in [1.82, 2.24) is 10.2 Å². The van der Waals surface area contributed by atoms with Gasteiger partial charge < -0.3 is 14.8 Å². The molecule has 37 heavy (non-hydrogen) atoms. The van der Waals surface area contributed by atoms with Crippen LogP contribution in [0.25, 0.3) is 0 Å². The fourth-order valence-electron chi connectivity index (χ4n) is 5.56. The quantitative estimate of drug-likeness (QED) is 0.447. The highest BCUT2D eigenvalue weighted by Gasteiger charge is 2.45. The highest BCUT2D eigenvalue weighted by atomic mass is 16.5. The van der Waals surface area contributed by atoms with Crippen molar-refractivity contribution in [3.63, 3.8) is 0 Å². The van der Waals surface area contributed by atoms with Gasteiger partial charge in [0.2, 0.25) is 0 Å². The van der Waals surface area contributed by atoms with Gasteiger partial charge in [-0.05, 0) is 44.4 Å². The molecular weight excluding hydrogens is 470 g/mol. The SMILES string of the molecule is COC(=O)C1C(C)NC(C)=C(C(=O)O[C@@H]2CCCN(Cc3ccccc3)C2)C1c1cccc([N+](C)=O)c1. The largest absolute Gasteiger partial charge is 0.469 e. The Morgan fingerprint density at radius 1 is 1.14 bits per heavy atom. The van der Waals surface area contributed by atoms with E-state index in [0.29, 0.717) is 29.1 Å². The van der Waals surface area contributed by atoms with Crippen LogP contribution >= 0.6 is 0 Å². The lowest BCUT2D eigenvalue weighted by molar-refractivity contribution is -0.428. The number of methoxy groups -OCH3 is 1. The van der Waals surface area contributed by atoms with E-state index >= 15 is 0 Å². The summed E-state index contributed by atoms with van der Waals surface area (Å²) in [4.78, 5) is 41.0. The molecule has 0 aromatic heterocycles. The molecule has 0 bridgehead atoms. The van der Waals surface area contributed by atoms with Crippen LogP contribution in [-0.2, 0) is 25.6 Å². The van der Waals surface area contributed by atoms with E-state index in [4.69, 9.17) is 9.47 Å². The molecule has 2 aromatic carbocycles. The number of piperidine rings is 1. The van der Waals surface area contributed by atoms with E-state index in [1.54, 1.807) is 18.2 Å². The first-order chi connectivity index (χ1) is 17.8. The van der Waals surface area contributed by atoms with Gasteiger partial charge in [-0.25, -0.2) is 4.79 Å². The molecule has 8 heteroatoms. The summed E-state index contributed by atoms with van der Waals surface area (Å²) in [6, 6.07) is 17.0. The van der Waals surface area contributed by atoms with E-state index in [2.05, 4.69) is 22.3 Å². The summed E-state index contributed by atoms with van der Waals surface area (Å²) in [6.45, 7) is 6.13. The summed E-state index contributed by atoms with van der Waals surface area (Å²) in [6.07, 6.45) is 1.47. The molecule has 2 heterocycles. The number of benzene rings is 2. The smallest absolute Gasteiger partial charge is 0.336 e. The third kappa shape index (κ3) is 6.07. The molecule has 0 saturated carbocycles. The zero-order valence-electron chi connectivity index (χ0n) is 22.0. The van der Waals surface area contributed by atoms with Crippen LogP contribution in [0.5, 0.6) is 0 Å². The molecule has 0 amide bonds. The van der Waals surface area contributed by atoms with Crippen molar-refractivity contribution in [1.29, 1.82) is 0 Å². The van der Waals surface area contributed by atoms with Gasteiger partial charge in [0.05, 0.1) is 18.6 Å². The second kappa shape index (κ2) is 11.7. The number of rotatable bonds is 7. The van der Waals surface area contributed by atoms with Gasteiger partial charge in [0.1, 0.15) is 6.10 Å². The highest BCUT2D eigenvalue weighted by Crippen LogP contribution is 2.41. The summed E-state index contributed by atoms with van der Waals surface area (Å²) >= 11 is 0. The van der Waals surface area contributed by atoms with Gasteiger partial charge in [0.25, 0.3) is 5.69 Å². The molecule has 2 aliphatic rings. The molecule has 4 rings (SSSR count). The average Bonchev–Trinajstić information content (AvgIpc) is 2.88. The summed E-state index contributed by atoms with van der Waals surface area (Å²) < 4.78 is 12.0. The molecule has 8 nitrogen and oxygen atoms in total. The monoisotopic (exact) mass is 506 g/mol. The number of carbonyl (C=O) groups excluding carboxylic acids is 2. The van der Waals surface area contributed by atoms with Crippen LogP contribution in [-0.4, -0.2) is 61.0 Å². The predicted molar refractivity (Wildman–Crippen MR) is 140 cm³/mol. The third-order valence-electron chi connectivity index (χ3n) is 7.33. The number of hydrogen-bond donors (Lipinski definition) is 1. The summed E-state index contributed by atoms with van der Waals surface area (Å²) in [5.41, 5.74) is 3.44. The average molecular weight is 507 g/mol. The Hall–Kier alpha value is -3.52. The van der Waals surface area contributed by atoms with Crippen molar-refractivity contribution in [2.45, 2.75) is 51.3 Å². The van der Waals surface area contributed by atoms with E-state index in [1.807, 2.05) is 38.1 Å². The van der Waals surface area contributed by atoms with Gasteiger partial charge in [-0.15, -0.1) is 0 Å². The topological polar surface area (TPSA) is 87.9 Å². The van der Waals surface area contributed by atoms with Crippen molar-refractivity contribution in [2.24, 2.45) is 5.92 Å². The molecule has 0 radical (unpaired) electrons. The Balaban J connectivity index is 1.60. The van der Waals surface area contributed by atoms with E-state index in [9.17, 15) is 14.5 Å². The van der Waals surface area contributed by atoms with Crippen molar-refractivity contribution in [3.8, 4) is 0 Å². The normalized spacial score (nSPS) is 24.2. The van der Waals surface area contributed by atoms with Crippen LogP contribution in [0.15, 0.2) is 65.9 Å². The van der Waals surface area contributed by atoms with Crippen molar-refractivity contribution in [3.05, 3.63) is 81.9 Å². The maximum Gasteiger partial charge on any atom is 0.336 e. The zero-order valence-corrected chi connectivity index (χ0v) is 22.0. The molecule has 2 aromatic rings. The standard InChI is InChI=1S/C29H35N3O5/c1-19-25(28(33)36-4)27(22-12-8-13-23(16-22)31(3)35)26(20(2)30-19)29(34)37-24-14-9-15-32(18-24)17-21-10-6-5-7-11-21/h5-8,10-13,16,19,24-25,27H,9,14-15,17-18H2,1-4H3/p+1/t19?,24-,25?,27?/m1/s1. The van der Waals surface area contributed by atoms with E-state index in [0.717, 1.165) is 30.7 Å². The van der Waals surface area contributed by atoms with Crippen LogP contribution in [0.3, 0.4) is 0 Å². The Morgan fingerprint density at radius 2 is 1.89 bits per heavy atom. The van der Waals surface area contributed by atoms with E-state index in [1.165, 1.54) is 19.7 Å². The number of allylic oxidation sites excluding steroid dienone is 1. The number of nitrogens with one attached hydrogen (secondary N) is 1. The Kier molecular flexibility index (Phi) is 8.38. The maximum absolute atomic E-state index is 13.7. The van der Waals surface area contributed by atoms with Crippen LogP contribution in [0.1, 0.15) is 43.7 Å². The molecule has 1 saturated heterocycles. The fraction of sp³-hybridized carbons (Fsp3) is 0.448. The minimum absolute atomic E-state index is 0.249. The van der Waals surface area contributed by atoms with Crippen molar-refractivity contribution in [2.75, 3.05) is 27.2 Å². The zero-order chi connectivity index (χ0) is 26.5. The van der Waals surface area contributed by atoms with Crippen molar-refractivity contribution >= 4 is 17.6 Å². The number of ether oxygens (including phenoxy) is 2. The predicted octanol–water partition coefficient (Wildman–Crippen LogP) is 4.07. The van der Waals surface area contributed by atoms with Crippen LogP contribution in [0, 0.1) is 10.8 Å². The first-order valence-corrected chi connectivity index (χ1v) is 12.8. The van der Waals surface area contributed by atoms with Crippen LogP contribution in [0.2, 0.25) is 0 Å². The molecular formula is C29H36N3O5+. The van der Waals surface area contributed by atoms with Gasteiger partial charge in [-0.1, -0.05) is 42.5 Å². The molecule has 1 fully saturated rings. The highest BCUT2D eigenvalue weighted by molar-refractivity contribution is 5.93. The van der Waals surface area contributed by atoms with Gasteiger partial charge in [0, 0.05) is 52.5 Å². The number of likely N-dealkylation sites (tertiary alicyclic amines) is 1. The first-order valence-electron chi connectivity index (χ1n) is 12.8. The first kappa shape index (κ1) is 26.5. The Morgan fingerprint density at radius 3 is 2.59 bits per heavy atom. The van der Waals surface area contributed by atoms with Crippen LogP contribution in [0.4, 0.5) is 5.69 Å². The van der Waals surface area contributed by atoms with E-state index in [-0.39, 0.29) is 12.1 Å². The van der Waals surface area contributed by atoms with E-state index < -0.39 is 23.8 Å². The molecule has 1 N–H and O–H groups in total. The third-order valence-corrected chi connectivity index (χ3v) is 7.33. The number of nitroso groups, excluding NO2 is 1. The number of carbonyl (C=O) groups is 2. The molecule has 0 aliphatic carbocycles. The molecule has 2 aliphatic heterocycles. The fourth-order valence-corrected chi connectivity index (χ4v) is 5.56. The lowest BCUT2D eigenvalue weighted by Gasteiger charge is -2.39. The Bertz CT molecular complexity index is 1180.